The van der Waals surface area contributed by atoms with E-state index in [0.29, 0.717) is 18.1 Å². The van der Waals surface area contributed by atoms with E-state index in [2.05, 4.69) is 34.5 Å². The number of benzene rings is 1. The van der Waals surface area contributed by atoms with E-state index in [1.165, 1.54) is 0 Å². The van der Waals surface area contributed by atoms with E-state index in [4.69, 9.17) is 9.26 Å². The van der Waals surface area contributed by atoms with E-state index in [0.717, 1.165) is 31.9 Å². The zero-order valence-corrected chi connectivity index (χ0v) is 16.2. The van der Waals surface area contributed by atoms with Gasteiger partial charge in [-0.15, -0.1) is 0 Å². The minimum absolute atomic E-state index is 0.0957. The third kappa shape index (κ3) is 5.15. The lowest BCUT2D eigenvalue weighted by Crippen LogP contribution is -2.55. The van der Waals surface area contributed by atoms with E-state index in [1.807, 2.05) is 30.3 Å². The number of anilines is 1. The molecule has 1 amide bonds. The Hall–Kier alpha value is -2.22. The molecule has 0 radical (unpaired) electrons. The fourth-order valence-corrected chi connectivity index (χ4v) is 3.26. The second kappa shape index (κ2) is 8.65. The highest BCUT2D eigenvalue weighted by Gasteiger charge is 2.30. The molecule has 1 aromatic heterocycles. The Labute approximate surface area is 160 Å². The van der Waals surface area contributed by atoms with Crippen molar-refractivity contribution >= 4 is 11.7 Å². The molecule has 1 atom stereocenters. The molecule has 1 fully saturated rings. The van der Waals surface area contributed by atoms with E-state index in [1.54, 1.807) is 13.0 Å². The zero-order valence-electron chi connectivity index (χ0n) is 16.2. The first-order chi connectivity index (χ1) is 13.0. The van der Waals surface area contributed by atoms with Crippen LogP contribution in [0.5, 0.6) is 0 Å². The van der Waals surface area contributed by atoms with Gasteiger partial charge < -0.3 is 19.9 Å². The molecule has 0 unspecified atom stereocenters. The quantitative estimate of drug-likeness (QED) is 0.777. The number of ether oxygens (including phenoxy) is 1. The fraction of sp³-hybridized carbons (Fsp3) is 0.500. The Bertz CT molecular complexity index is 739. The van der Waals surface area contributed by atoms with Crippen LogP contribution in [0, 0.1) is 6.92 Å². The summed E-state index contributed by atoms with van der Waals surface area (Å²) >= 11 is 0. The standard InChI is InChI=1S/C20H28N4O3/c1-15-13-17(23-27-15)22-19(25)18(16-7-5-4-6-8-16)21-14-20(2,3)24-9-11-26-12-10-24/h4-8,13,18,21H,9-12,14H2,1-3H3,(H,22,23,25)/t18-/m1/s1. The second-order valence-corrected chi connectivity index (χ2v) is 7.45. The molecule has 0 aliphatic carbocycles. The highest BCUT2D eigenvalue weighted by Crippen LogP contribution is 2.20. The van der Waals surface area contributed by atoms with E-state index in [9.17, 15) is 4.79 Å². The van der Waals surface area contributed by atoms with Crippen molar-refractivity contribution in [2.45, 2.75) is 32.4 Å². The molecular weight excluding hydrogens is 344 g/mol. The number of carbonyl (C=O) groups is 1. The third-order valence-corrected chi connectivity index (χ3v) is 4.88. The lowest BCUT2D eigenvalue weighted by atomic mass is 9.99. The molecule has 1 aliphatic heterocycles. The van der Waals surface area contributed by atoms with Crippen molar-refractivity contribution in [2.75, 3.05) is 38.2 Å². The molecule has 2 aromatic rings. The van der Waals surface area contributed by atoms with Gasteiger partial charge >= 0.3 is 0 Å². The van der Waals surface area contributed by atoms with Crippen LogP contribution in [0.4, 0.5) is 5.82 Å². The Kier molecular flexibility index (Phi) is 6.26. The van der Waals surface area contributed by atoms with Crippen molar-refractivity contribution in [3.63, 3.8) is 0 Å². The molecule has 0 spiro atoms. The number of aromatic nitrogens is 1. The number of aryl methyl sites for hydroxylation is 1. The van der Waals surface area contributed by atoms with Crippen molar-refractivity contribution in [1.29, 1.82) is 0 Å². The molecule has 0 bridgehead atoms. The fourth-order valence-electron chi connectivity index (χ4n) is 3.26. The summed E-state index contributed by atoms with van der Waals surface area (Å²) < 4.78 is 10.5. The molecule has 1 saturated heterocycles. The number of hydrogen-bond acceptors (Lipinski definition) is 6. The van der Waals surface area contributed by atoms with Crippen LogP contribution in [0.2, 0.25) is 0 Å². The van der Waals surface area contributed by atoms with Gasteiger partial charge in [-0.05, 0) is 26.3 Å². The summed E-state index contributed by atoms with van der Waals surface area (Å²) in [4.78, 5) is 15.3. The molecule has 3 rings (SSSR count). The molecule has 7 heteroatoms. The van der Waals surface area contributed by atoms with Crippen LogP contribution in [0.1, 0.15) is 31.2 Å². The van der Waals surface area contributed by atoms with Gasteiger partial charge in [0.2, 0.25) is 5.91 Å². The number of nitrogens with one attached hydrogen (secondary N) is 2. The molecule has 146 valence electrons. The minimum Gasteiger partial charge on any atom is -0.379 e. The van der Waals surface area contributed by atoms with Gasteiger partial charge in [0.25, 0.3) is 0 Å². The number of rotatable bonds is 7. The van der Waals surface area contributed by atoms with Gasteiger partial charge in [-0.1, -0.05) is 35.5 Å². The van der Waals surface area contributed by atoms with Gasteiger partial charge in [-0.25, -0.2) is 0 Å². The van der Waals surface area contributed by atoms with Crippen molar-refractivity contribution in [3.8, 4) is 0 Å². The van der Waals surface area contributed by atoms with Gasteiger partial charge in [0.15, 0.2) is 5.82 Å². The maximum absolute atomic E-state index is 12.9. The van der Waals surface area contributed by atoms with E-state index in [-0.39, 0.29) is 11.4 Å². The van der Waals surface area contributed by atoms with Gasteiger partial charge in [0.1, 0.15) is 11.8 Å². The van der Waals surface area contributed by atoms with Crippen molar-refractivity contribution in [1.82, 2.24) is 15.4 Å². The third-order valence-electron chi connectivity index (χ3n) is 4.88. The number of amides is 1. The summed E-state index contributed by atoms with van der Waals surface area (Å²) in [6, 6.07) is 10.9. The first-order valence-corrected chi connectivity index (χ1v) is 9.31. The normalized spacial score (nSPS) is 16.9. The zero-order chi connectivity index (χ0) is 19.3. The highest BCUT2D eigenvalue weighted by atomic mass is 16.5. The lowest BCUT2D eigenvalue weighted by molar-refractivity contribution is -0.118. The van der Waals surface area contributed by atoms with Crippen LogP contribution in [-0.4, -0.2) is 54.4 Å². The number of hydrogen-bond donors (Lipinski definition) is 2. The predicted octanol–water partition coefficient (Wildman–Crippen LogP) is 2.36. The maximum atomic E-state index is 12.9. The van der Waals surface area contributed by atoms with Gasteiger partial charge in [0.05, 0.1) is 13.2 Å². The van der Waals surface area contributed by atoms with Gasteiger partial charge in [-0.3, -0.25) is 9.69 Å². The largest absolute Gasteiger partial charge is 0.379 e. The molecule has 27 heavy (non-hydrogen) atoms. The molecule has 1 aromatic carbocycles. The topological polar surface area (TPSA) is 79.6 Å². The van der Waals surface area contributed by atoms with Crippen LogP contribution in [0.15, 0.2) is 40.9 Å². The summed E-state index contributed by atoms with van der Waals surface area (Å²) in [5.74, 6) is 0.919. The van der Waals surface area contributed by atoms with E-state index < -0.39 is 6.04 Å². The van der Waals surface area contributed by atoms with Crippen LogP contribution < -0.4 is 10.6 Å². The average Bonchev–Trinajstić information content (AvgIpc) is 3.08. The predicted molar refractivity (Wildman–Crippen MR) is 104 cm³/mol. The van der Waals surface area contributed by atoms with Crippen LogP contribution in [0.25, 0.3) is 0 Å². The highest BCUT2D eigenvalue weighted by molar-refractivity contribution is 5.94. The van der Waals surface area contributed by atoms with Crippen molar-refractivity contribution in [2.24, 2.45) is 0 Å². The lowest BCUT2D eigenvalue weighted by Gasteiger charge is -2.41. The van der Waals surface area contributed by atoms with E-state index >= 15 is 0 Å². The molecule has 2 heterocycles. The Morgan fingerprint density at radius 3 is 2.59 bits per heavy atom. The molecule has 7 nitrogen and oxygen atoms in total. The number of carbonyl (C=O) groups excluding carboxylic acids is 1. The summed E-state index contributed by atoms with van der Waals surface area (Å²) in [5, 5.41) is 10.1. The SMILES string of the molecule is Cc1cc(NC(=O)[C@H](NCC(C)(C)N2CCOCC2)c2ccccc2)no1. The second-order valence-electron chi connectivity index (χ2n) is 7.45. The van der Waals surface area contributed by atoms with Gasteiger partial charge in [-0.2, -0.15) is 0 Å². The molecule has 0 saturated carbocycles. The molecule has 1 aliphatic rings. The Balaban J connectivity index is 1.71. The summed E-state index contributed by atoms with van der Waals surface area (Å²) in [7, 11) is 0. The summed E-state index contributed by atoms with van der Waals surface area (Å²) in [6.07, 6.45) is 0. The summed E-state index contributed by atoms with van der Waals surface area (Å²) in [6.45, 7) is 10.1. The monoisotopic (exact) mass is 372 g/mol. The molecule has 2 N–H and O–H groups in total. The maximum Gasteiger partial charge on any atom is 0.247 e. The smallest absolute Gasteiger partial charge is 0.247 e. The first-order valence-electron chi connectivity index (χ1n) is 9.31. The Morgan fingerprint density at radius 2 is 1.96 bits per heavy atom. The first kappa shape index (κ1) is 19.5. The summed E-state index contributed by atoms with van der Waals surface area (Å²) in [5.41, 5.74) is 0.815. The van der Waals surface area contributed by atoms with Crippen LogP contribution in [0.3, 0.4) is 0 Å². The average molecular weight is 372 g/mol. The van der Waals surface area contributed by atoms with Crippen molar-refractivity contribution < 1.29 is 14.1 Å². The Morgan fingerprint density at radius 1 is 1.26 bits per heavy atom. The number of morpholine rings is 1. The van der Waals surface area contributed by atoms with Crippen LogP contribution in [-0.2, 0) is 9.53 Å². The van der Waals surface area contributed by atoms with Crippen LogP contribution >= 0.6 is 0 Å². The molecular formula is C20H28N4O3. The van der Waals surface area contributed by atoms with Gasteiger partial charge in [0, 0.05) is 31.2 Å². The minimum atomic E-state index is -0.483. The van der Waals surface area contributed by atoms with Crippen molar-refractivity contribution in [3.05, 3.63) is 47.7 Å². The number of nitrogens with zero attached hydrogens (tertiary/aromatic N) is 2.